The van der Waals surface area contributed by atoms with Gasteiger partial charge >= 0.3 is 0 Å². The predicted octanol–water partition coefficient (Wildman–Crippen LogP) is 2.35. The van der Waals surface area contributed by atoms with Crippen LogP contribution in [-0.2, 0) is 0 Å². The van der Waals surface area contributed by atoms with Gasteiger partial charge in [0.25, 0.3) is 0 Å². The standard InChI is InChI=1S/C13H26N2S/c1-2-7-15-8-3-12(4-9-15)14-13-5-10-16-11-6-13/h12-14H,2-11H2,1H3. The van der Waals surface area contributed by atoms with Gasteiger partial charge in [0.1, 0.15) is 0 Å². The van der Waals surface area contributed by atoms with Crippen molar-refractivity contribution in [3.63, 3.8) is 0 Å². The summed E-state index contributed by atoms with van der Waals surface area (Å²) in [5.74, 6) is 2.73. The molecular weight excluding hydrogens is 216 g/mol. The summed E-state index contributed by atoms with van der Waals surface area (Å²) in [6, 6.07) is 1.63. The first kappa shape index (κ1) is 12.7. The molecule has 2 fully saturated rings. The number of piperidine rings is 1. The Hall–Kier alpha value is 0.270. The number of nitrogens with one attached hydrogen (secondary N) is 1. The van der Waals surface area contributed by atoms with Crippen molar-refractivity contribution in [2.75, 3.05) is 31.1 Å². The third-order valence-corrected chi connectivity index (χ3v) is 4.87. The smallest absolute Gasteiger partial charge is 0.00940 e. The van der Waals surface area contributed by atoms with Crippen molar-refractivity contribution in [3.8, 4) is 0 Å². The van der Waals surface area contributed by atoms with E-state index in [9.17, 15) is 0 Å². The fourth-order valence-corrected chi connectivity index (χ4v) is 3.94. The zero-order chi connectivity index (χ0) is 11.2. The average Bonchev–Trinajstić information content (AvgIpc) is 2.33. The summed E-state index contributed by atoms with van der Waals surface area (Å²) < 4.78 is 0. The highest BCUT2D eigenvalue weighted by molar-refractivity contribution is 7.99. The lowest BCUT2D eigenvalue weighted by molar-refractivity contribution is 0.189. The monoisotopic (exact) mass is 242 g/mol. The molecule has 2 saturated heterocycles. The van der Waals surface area contributed by atoms with Gasteiger partial charge in [-0.15, -0.1) is 0 Å². The van der Waals surface area contributed by atoms with Gasteiger partial charge in [0, 0.05) is 12.1 Å². The molecule has 0 spiro atoms. The first-order valence-electron chi connectivity index (χ1n) is 6.94. The van der Waals surface area contributed by atoms with Crippen LogP contribution in [0.15, 0.2) is 0 Å². The Balaban J connectivity index is 1.64. The van der Waals surface area contributed by atoms with Crippen molar-refractivity contribution in [2.24, 2.45) is 0 Å². The largest absolute Gasteiger partial charge is 0.311 e. The van der Waals surface area contributed by atoms with E-state index in [0.29, 0.717) is 0 Å². The third-order valence-electron chi connectivity index (χ3n) is 3.82. The van der Waals surface area contributed by atoms with Crippen molar-refractivity contribution in [3.05, 3.63) is 0 Å². The van der Waals surface area contributed by atoms with E-state index in [1.165, 1.54) is 63.2 Å². The van der Waals surface area contributed by atoms with Crippen LogP contribution in [0.4, 0.5) is 0 Å². The maximum atomic E-state index is 3.88. The molecule has 1 N–H and O–H groups in total. The van der Waals surface area contributed by atoms with Crippen LogP contribution in [0.25, 0.3) is 0 Å². The van der Waals surface area contributed by atoms with Crippen LogP contribution in [0.1, 0.15) is 39.0 Å². The summed E-state index contributed by atoms with van der Waals surface area (Å²) in [6.07, 6.45) is 6.81. The van der Waals surface area contributed by atoms with E-state index in [0.717, 1.165) is 12.1 Å². The molecule has 94 valence electrons. The molecule has 0 aromatic rings. The van der Waals surface area contributed by atoms with Gasteiger partial charge in [-0.05, 0) is 63.2 Å². The molecule has 2 aliphatic rings. The van der Waals surface area contributed by atoms with Crippen LogP contribution < -0.4 is 5.32 Å². The molecule has 2 nitrogen and oxygen atoms in total. The van der Waals surface area contributed by atoms with Gasteiger partial charge in [0.2, 0.25) is 0 Å². The molecule has 0 aromatic heterocycles. The quantitative estimate of drug-likeness (QED) is 0.815. The summed E-state index contributed by atoms with van der Waals surface area (Å²) in [5.41, 5.74) is 0. The van der Waals surface area contributed by atoms with E-state index >= 15 is 0 Å². The summed E-state index contributed by atoms with van der Waals surface area (Å²) in [5, 5.41) is 3.88. The number of rotatable bonds is 4. The molecule has 2 rings (SSSR count). The molecular formula is C13H26N2S. The number of thioether (sulfide) groups is 1. The maximum absolute atomic E-state index is 3.88. The zero-order valence-electron chi connectivity index (χ0n) is 10.6. The van der Waals surface area contributed by atoms with Crippen LogP contribution >= 0.6 is 11.8 Å². The van der Waals surface area contributed by atoms with Gasteiger partial charge in [-0.1, -0.05) is 6.92 Å². The minimum atomic E-state index is 0.807. The second-order valence-electron chi connectivity index (χ2n) is 5.17. The topological polar surface area (TPSA) is 15.3 Å². The normalized spacial score (nSPS) is 26.1. The highest BCUT2D eigenvalue weighted by atomic mass is 32.2. The van der Waals surface area contributed by atoms with Crippen LogP contribution in [0.5, 0.6) is 0 Å². The second-order valence-corrected chi connectivity index (χ2v) is 6.39. The predicted molar refractivity (Wildman–Crippen MR) is 73.2 cm³/mol. The van der Waals surface area contributed by atoms with E-state index in [-0.39, 0.29) is 0 Å². The van der Waals surface area contributed by atoms with Crippen molar-refractivity contribution in [1.82, 2.24) is 10.2 Å². The first-order valence-corrected chi connectivity index (χ1v) is 8.10. The number of hydrogen-bond acceptors (Lipinski definition) is 3. The maximum Gasteiger partial charge on any atom is 0.00940 e. The van der Waals surface area contributed by atoms with E-state index in [2.05, 4.69) is 28.9 Å². The summed E-state index contributed by atoms with van der Waals surface area (Å²) in [4.78, 5) is 2.62. The average molecular weight is 242 g/mol. The Labute approximate surface area is 105 Å². The molecule has 0 unspecified atom stereocenters. The highest BCUT2D eigenvalue weighted by Gasteiger charge is 2.22. The SMILES string of the molecule is CCCN1CCC(NC2CCSCC2)CC1. The fourth-order valence-electron chi connectivity index (χ4n) is 2.84. The fraction of sp³-hybridized carbons (Fsp3) is 1.00. The van der Waals surface area contributed by atoms with Crippen molar-refractivity contribution < 1.29 is 0 Å². The van der Waals surface area contributed by atoms with Crippen LogP contribution in [0.3, 0.4) is 0 Å². The Morgan fingerprint density at radius 3 is 2.31 bits per heavy atom. The van der Waals surface area contributed by atoms with Gasteiger partial charge in [-0.25, -0.2) is 0 Å². The van der Waals surface area contributed by atoms with Crippen LogP contribution in [0, 0.1) is 0 Å². The summed E-state index contributed by atoms with van der Waals surface area (Å²) in [7, 11) is 0. The lowest BCUT2D eigenvalue weighted by atomic mass is 10.0. The molecule has 2 aliphatic heterocycles. The zero-order valence-corrected chi connectivity index (χ0v) is 11.4. The lowest BCUT2D eigenvalue weighted by Crippen LogP contribution is -2.47. The van der Waals surface area contributed by atoms with E-state index in [4.69, 9.17) is 0 Å². The van der Waals surface area contributed by atoms with Crippen LogP contribution in [0.2, 0.25) is 0 Å². The van der Waals surface area contributed by atoms with Crippen molar-refractivity contribution in [1.29, 1.82) is 0 Å². The molecule has 0 atom stereocenters. The van der Waals surface area contributed by atoms with Gasteiger partial charge in [0.15, 0.2) is 0 Å². The molecule has 16 heavy (non-hydrogen) atoms. The van der Waals surface area contributed by atoms with Crippen molar-refractivity contribution in [2.45, 2.75) is 51.1 Å². The van der Waals surface area contributed by atoms with Gasteiger partial charge in [0.05, 0.1) is 0 Å². The van der Waals surface area contributed by atoms with Gasteiger partial charge in [-0.2, -0.15) is 11.8 Å². The molecule has 0 radical (unpaired) electrons. The van der Waals surface area contributed by atoms with Crippen molar-refractivity contribution >= 4 is 11.8 Å². The Bertz CT molecular complexity index is 184. The number of likely N-dealkylation sites (tertiary alicyclic amines) is 1. The molecule has 0 bridgehead atoms. The minimum Gasteiger partial charge on any atom is -0.311 e. The third kappa shape index (κ3) is 3.94. The Kier molecular flexibility index (Phi) is 5.46. The minimum absolute atomic E-state index is 0.807. The van der Waals surface area contributed by atoms with E-state index in [1.54, 1.807) is 0 Å². The molecule has 0 aliphatic carbocycles. The summed E-state index contributed by atoms with van der Waals surface area (Å²) >= 11 is 2.12. The molecule has 2 heterocycles. The van der Waals surface area contributed by atoms with Crippen LogP contribution in [-0.4, -0.2) is 48.1 Å². The van der Waals surface area contributed by atoms with E-state index < -0.39 is 0 Å². The lowest BCUT2D eigenvalue weighted by Gasteiger charge is -2.35. The number of nitrogens with zero attached hydrogens (tertiary/aromatic N) is 1. The van der Waals surface area contributed by atoms with E-state index in [1.807, 2.05) is 0 Å². The molecule has 3 heteroatoms. The highest BCUT2D eigenvalue weighted by Crippen LogP contribution is 2.19. The Morgan fingerprint density at radius 1 is 1.06 bits per heavy atom. The van der Waals surface area contributed by atoms with Gasteiger partial charge < -0.3 is 10.2 Å². The van der Waals surface area contributed by atoms with Gasteiger partial charge in [-0.3, -0.25) is 0 Å². The molecule has 0 saturated carbocycles. The number of hydrogen-bond donors (Lipinski definition) is 1. The first-order chi connectivity index (χ1) is 7.88. The Morgan fingerprint density at radius 2 is 1.69 bits per heavy atom. The molecule has 0 aromatic carbocycles. The summed E-state index contributed by atoms with van der Waals surface area (Å²) in [6.45, 7) is 6.21. The molecule has 0 amide bonds. The second kappa shape index (κ2) is 6.87.